The van der Waals surface area contributed by atoms with E-state index in [9.17, 15) is 14.0 Å². The molecule has 0 radical (unpaired) electrons. The number of anilines is 3. The first-order chi connectivity index (χ1) is 18.4. The second-order valence-electron chi connectivity index (χ2n) is 8.94. The zero-order valence-electron chi connectivity index (χ0n) is 21.1. The van der Waals surface area contributed by atoms with E-state index < -0.39 is 11.9 Å². The minimum atomic E-state index is -0.720. The van der Waals surface area contributed by atoms with Gasteiger partial charge in [-0.3, -0.25) is 9.59 Å². The van der Waals surface area contributed by atoms with E-state index in [1.807, 2.05) is 37.3 Å². The highest BCUT2D eigenvalue weighted by atomic mass is 19.1. The average Bonchev–Trinajstić information content (AvgIpc) is 3.33. The van der Waals surface area contributed by atoms with E-state index in [1.165, 1.54) is 25.4 Å². The molecule has 0 spiro atoms. The number of hydrogen-bond acceptors (Lipinski definition) is 5. The Morgan fingerprint density at radius 2 is 1.66 bits per heavy atom. The molecule has 5 rings (SSSR count). The number of nitrogens with zero attached hydrogens (tertiary/aromatic N) is 2. The number of carbonyl (C=O) groups excluding carboxylic acids is 2. The normalized spacial score (nSPS) is 14.4. The van der Waals surface area contributed by atoms with Crippen molar-refractivity contribution in [2.75, 3.05) is 23.1 Å². The summed E-state index contributed by atoms with van der Waals surface area (Å²) in [6.45, 7) is 3.72. The largest absolute Gasteiger partial charge is 0.495 e. The molecule has 9 heteroatoms. The molecule has 2 heterocycles. The Kier molecular flexibility index (Phi) is 6.66. The maximum atomic E-state index is 13.8. The Bertz CT molecular complexity index is 1540. The molecule has 0 unspecified atom stereocenters. The van der Waals surface area contributed by atoms with Crippen LogP contribution in [0, 0.1) is 12.7 Å². The van der Waals surface area contributed by atoms with Gasteiger partial charge in [0.2, 0.25) is 0 Å². The maximum absolute atomic E-state index is 13.8. The van der Waals surface area contributed by atoms with Gasteiger partial charge in [0.25, 0.3) is 11.8 Å². The molecule has 0 fully saturated rings. The second-order valence-corrected chi connectivity index (χ2v) is 8.94. The minimum Gasteiger partial charge on any atom is -0.495 e. The molecule has 0 saturated heterocycles. The highest BCUT2D eigenvalue weighted by Gasteiger charge is 2.35. The van der Waals surface area contributed by atoms with E-state index in [1.54, 1.807) is 41.9 Å². The Morgan fingerprint density at radius 1 is 0.947 bits per heavy atom. The van der Waals surface area contributed by atoms with Crippen LogP contribution in [0.4, 0.5) is 21.6 Å². The quantitative estimate of drug-likeness (QED) is 0.317. The number of aryl methyl sites for hydroxylation is 1. The van der Waals surface area contributed by atoms with Gasteiger partial charge in [-0.2, -0.15) is 5.10 Å². The summed E-state index contributed by atoms with van der Waals surface area (Å²) in [6.07, 6.45) is 1.46. The topological polar surface area (TPSA) is 97.3 Å². The van der Waals surface area contributed by atoms with Gasteiger partial charge in [-0.05, 0) is 55.8 Å². The number of fused-ring (bicyclic) bond motifs is 1. The highest BCUT2D eigenvalue weighted by Crippen LogP contribution is 2.38. The lowest BCUT2D eigenvalue weighted by Gasteiger charge is -2.30. The van der Waals surface area contributed by atoms with E-state index >= 15 is 0 Å². The number of aromatic nitrogens is 2. The van der Waals surface area contributed by atoms with Crippen LogP contribution in [0.5, 0.6) is 5.75 Å². The zero-order valence-corrected chi connectivity index (χ0v) is 21.1. The van der Waals surface area contributed by atoms with Gasteiger partial charge in [0.15, 0.2) is 0 Å². The number of hydrogen-bond donors (Lipinski definition) is 3. The fraction of sp³-hybridized carbons (Fsp3) is 0.138. The van der Waals surface area contributed by atoms with Crippen molar-refractivity contribution < 1.29 is 18.7 Å². The Hall–Kier alpha value is -4.92. The van der Waals surface area contributed by atoms with Crippen LogP contribution in [-0.2, 0) is 4.79 Å². The van der Waals surface area contributed by atoms with Crippen molar-refractivity contribution in [2.24, 2.45) is 0 Å². The van der Waals surface area contributed by atoms with Gasteiger partial charge >= 0.3 is 0 Å². The van der Waals surface area contributed by atoms with Gasteiger partial charge in [0.05, 0.1) is 24.6 Å². The van der Waals surface area contributed by atoms with Crippen molar-refractivity contribution >= 4 is 29.0 Å². The van der Waals surface area contributed by atoms with Gasteiger partial charge in [0, 0.05) is 11.4 Å². The first-order valence-corrected chi connectivity index (χ1v) is 12.0. The average molecular weight is 512 g/mol. The van der Waals surface area contributed by atoms with Crippen molar-refractivity contribution in [1.29, 1.82) is 0 Å². The van der Waals surface area contributed by atoms with E-state index in [2.05, 4.69) is 21.0 Å². The molecule has 1 aliphatic heterocycles. The van der Waals surface area contributed by atoms with Gasteiger partial charge < -0.3 is 20.7 Å². The smallest absolute Gasteiger partial charge is 0.261 e. The van der Waals surface area contributed by atoms with E-state index in [-0.39, 0.29) is 11.8 Å². The fourth-order valence-corrected chi connectivity index (χ4v) is 4.44. The Labute approximate surface area is 219 Å². The molecule has 3 N–H and O–H groups in total. The van der Waals surface area contributed by atoms with Crippen molar-refractivity contribution in [3.05, 3.63) is 113 Å². The van der Waals surface area contributed by atoms with E-state index in [0.717, 1.165) is 5.56 Å². The summed E-state index contributed by atoms with van der Waals surface area (Å²) < 4.78 is 20.7. The van der Waals surface area contributed by atoms with Crippen LogP contribution >= 0.6 is 0 Å². The summed E-state index contributed by atoms with van der Waals surface area (Å²) in [5, 5.41) is 13.5. The SMILES string of the molecule is COc1ccccc1NC(=O)C1=C(C)Nc2c(C(=O)Nc3ccc(C)cc3)cnn2[C@H]1c1ccc(F)cc1. The number of ether oxygens (including phenoxy) is 1. The molecule has 1 aliphatic rings. The summed E-state index contributed by atoms with van der Waals surface area (Å²) in [5.41, 5.74) is 4.06. The van der Waals surface area contributed by atoms with Crippen LogP contribution in [0.15, 0.2) is 90.3 Å². The molecule has 8 nitrogen and oxygen atoms in total. The van der Waals surface area contributed by atoms with Crippen LogP contribution < -0.4 is 20.7 Å². The van der Waals surface area contributed by atoms with E-state index in [4.69, 9.17) is 4.74 Å². The number of carbonyl (C=O) groups is 2. The van der Waals surface area contributed by atoms with Crippen LogP contribution in [0.3, 0.4) is 0 Å². The first-order valence-electron chi connectivity index (χ1n) is 12.0. The molecule has 38 heavy (non-hydrogen) atoms. The molecule has 3 aromatic carbocycles. The van der Waals surface area contributed by atoms with Gasteiger partial charge in [-0.1, -0.05) is 42.0 Å². The van der Waals surface area contributed by atoms with Crippen molar-refractivity contribution in [3.63, 3.8) is 0 Å². The summed E-state index contributed by atoms with van der Waals surface area (Å²) in [6, 6.07) is 19.7. The Balaban J connectivity index is 1.54. The third-order valence-electron chi connectivity index (χ3n) is 6.36. The second kappa shape index (κ2) is 10.2. The standard InChI is InChI=1S/C29H26FN5O3/c1-17-8-14-21(15-9-17)33-28(36)22-16-31-35-26(19-10-12-20(30)13-11-19)25(18(2)32-27(22)35)29(37)34-23-6-4-5-7-24(23)38-3/h4-16,26,32H,1-3H3,(H,33,36)(H,34,37)/t26-/m0/s1. The van der Waals surface area contributed by atoms with Gasteiger partial charge in [-0.25, -0.2) is 9.07 Å². The van der Waals surface area contributed by atoms with Crippen LogP contribution in [0.2, 0.25) is 0 Å². The molecule has 4 aromatic rings. The zero-order chi connectivity index (χ0) is 26.8. The summed E-state index contributed by atoms with van der Waals surface area (Å²) in [5.74, 6) is -0.204. The summed E-state index contributed by atoms with van der Waals surface area (Å²) in [7, 11) is 1.53. The minimum absolute atomic E-state index is 0.307. The number of nitrogens with one attached hydrogen (secondary N) is 3. The Morgan fingerprint density at radius 3 is 2.37 bits per heavy atom. The predicted molar refractivity (Wildman–Crippen MR) is 144 cm³/mol. The third kappa shape index (κ3) is 4.73. The van der Waals surface area contributed by atoms with Crippen LogP contribution in [-0.4, -0.2) is 28.7 Å². The molecular weight excluding hydrogens is 485 g/mol. The van der Waals surface area contributed by atoms with Crippen molar-refractivity contribution in [3.8, 4) is 5.75 Å². The number of amides is 2. The number of methoxy groups -OCH3 is 1. The van der Waals surface area contributed by atoms with Crippen molar-refractivity contribution in [1.82, 2.24) is 9.78 Å². The maximum Gasteiger partial charge on any atom is 0.261 e. The fourth-order valence-electron chi connectivity index (χ4n) is 4.44. The molecular formula is C29H26FN5O3. The molecule has 192 valence electrons. The highest BCUT2D eigenvalue weighted by molar-refractivity contribution is 6.09. The van der Waals surface area contributed by atoms with Gasteiger partial charge in [-0.15, -0.1) is 0 Å². The lowest BCUT2D eigenvalue weighted by atomic mass is 9.94. The number of benzene rings is 3. The third-order valence-corrected chi connectivity index (χ3v) is 6.36. The summed E-state index contributed by atoms with van der Waals surface area (Å²) in [4.78, 5) is 26.8. The van der Waals surface area contributed by atoms with Crippen LogP contribution in [0.25, 0.3) is 0 Å². The van der Waals surface area contributed by atoms with Gasteiger partial charge in [0.1, 0.15) is 29.0 Å². The lowest BCUT2D eigenvalue weighted by molar-refractivity contribution is -0.113. The number of halogens is 1. The predicted octanol–water partition coefficient (Wildman–Crippen LogP) is 5.52. The number of para-hydroxylation sites is 2. The monoisotopic (exact) mass is 511 g/mol. The molecule has 1 aromatic heterocycles. The van der Waals surface area contributed by atoms with Crippen molar-refractivity contribution in [2.45, 2.75) is 19.9 Å². The lowest BCUT2D eigenvalue weighted by Crippen LogP contribution is -2.32. The summed E-state index contributed by atoms with van der Waals surface area (Å²) >= 11 is 0. The molecule has 0 aliphatic carbocycles. The molecule has 0 saturated carbocycles. The van der Waals surface area contributed by atoms with Crippen LogP contribution in [0.1, 0.15) is 34.5 Å². The van der Waals surface area contributed by atoms with E-state index in [0.29, 0.717) is 45.3 Å². The first kappa shape index (κ1) is 24.8. The molecule has 1 atom stereocenters. The molecule has 0 bridgehead atoms. The molecule has 2 amide bonds. The number of allylic oxidation sites excluding steroid dienone is 1. The number of rotatable bonds is 6.